The third-order valence-corrected chi connectivity index (χ3v) is 3.50. The number of anilines is 1. The minimum atomic E-state index is -0.336. The Labute approximate surface area is 114 Å². The van der Waals surface area contributed by atoms with Gasteiger partial charge in [0.25, 0.3) is 5.91 Å². The Morgan fingerprint density at radius 2 is 2.21 bits per heavy atom. The van der Waals surface area contributed by atoms with E-state index in [9.17, 15) is 4.79 Å². The number of nitrogens with zero attached hydrogens (tertiary/aromatic N) is 1. The second-order valence-electron chi connectivity index (χ2n) is 5.07. The van der Waals surface area contributed by atoms with Crippen LogP contribution in [0.1, 0.15) is 24.0 Å². The average Bonchev–Trinajstić information content (AvgIpc) is 2.41. The van der Waals surface area contributed by atoms with Crippen LogP contribution in [0.4, 0.5) is 5.69 Å². The van der Waals surface area contributed by atoms with E-state index >= 15 is 0 Å². The molecule has 4 nitrogen and oxygen atoms in total. The average molecular weight is 262 g/mol. The highest BCUT2D eigenvalue weighted by molar-refractivity contribution is 5.97. The van der Waals surface area contributed by atoms with Gasteiger partial charge in [-0.05, 0) is 50.4 Å². The van der Waals surface area contributed by atoms with E-state index in [1.54, 1.807) is 0 Å². The fraction of sp³-hybridized carbons (Fsp3) is 0.533. The van der Waals surface area contributed by atoms with Crippen molar-refractivity contribution in [2.24, 2.45) is 5.73 Å². The van der Waals surface area contributed by atoms with Crippen molar-refractivity contribution in [2.45, 2.75) is 32.8 Å². The lowest BCUT2D eigenvalue weighted by Gasteiger charge is -2.33. The quantitative estimate of drug-likeness (QED) is 0.899. The zero-order valence-corrected chi connectivity index (χ0v) is 11.7. The SMILES string of the molecule is Cc1ccc(C)c(N2CCOC(CCCN)C2=O)c1. The van der Waals surface area contributed by atoms with Crippen LogP contribution in [0.15, 0.2) is 18.2 Å². The van der Waals surface area contributed by atoms with Crippen molar-refractivity contribution in [3.8, 4) is 0 Å². The summed E-state index contributed by atoms with van der Waals surface area (Å²) in [6.07, 6.45) is 1.19. The Bertz CT molecular complexity index is 459. The Morgan fingerprint density at radius 3 is 2.95 bits per heavy atom. The van der Waals surface area contributed by atoms with E-state index < -0.39 is 0 Å². The van der Waals surface area contributed by atoms with Crippen LogP contribution in [0.3, 0.4) is 0 Å². The zero-order valence-electron chi connectivity index (χ0n) is 11.7. The van der Waals surface area contributed by atoms with Gasteiger partial charge in [-0.15, -0.1) is 0 Å². The molecule has 4 heteroatoms. The molecule has 1 heterocycles. The predicted molar refractivity (Wildman–Crippen MR) is 76.3 cm³/mol. The molecule has 1 aromatic carbocycles. The van der Waals surface area contributed by atoms with Crippen molar-refractivity contribution < 1.29 is 9.53 Å². The van der Waals surface area contributed by atoms with Crippen LogP contribution < -0.4 is 10.6 Å². The molecule has 1 amide bonds. The lowest BCUT2D eigenvalue weighted by Crippen LogP contribution is -2.48. The Morgan fingerprint density at radius 1 is 1.42 bits per heavy atom. The van der Waals surface area contributed by atoms with Crippen LogP contribution in [0.25, 0.3) is 0 Å². The van der Waals surface area contributed by atoms with E-state index in [0.29, 0.717) is 26.1 Å². The minimum absolute atomic E-state index is 0.0633. The predicted octanol–water partition coefficient (Wildman–Crippen LogP) is 1.77. The van der Waals surface area contributed by atoms with Crippen LogP contribution in [0.5, 0.6) is 0 Å². The second kappa shape index (κ2) is 6.17. The molecule has 104 valence electrons. The van der Waals surface area contributed by atoms with Crippen molar-refractivity contribution in [1.29, 1.82) is 0 Å². The molecule has 19 heavy (non-hydrogen) atoms. The first-order valence-corrected chi connectivity index (χ1v) is 6.84. The fourth-order valence-corrected chi connectivity index (χ4v) is 2.40. The zero-order chi connectivity index (χ0) is 13.8. The molecular weight excluding hydrogens is 240 g/mol. The highest BCUT2D eigenvalue weighted by Crippen LogP contribution is 2.25. The number of rotatable bonds is 4. The maximum Gasteiger partial charge on any atom is 0.256 e. The normalized spacial score (nSPS) is 19.8. The molecule has 0 saturated carbocycles. The molecule has 0 bridgehead atoms. The summed E-state index contributed by atoms with van der Waals surface area (Å²) in [7, 11) is 0. The third kappa shape index (κ3) is 3.14. The van der Waals surface area contributed by atoms with Gasteiger partial charge in [-0.2, -0.15) is 0 Å². The third-order valence-electron chi connectivity index (χ3n) is 3.50. The topological polar surface area (TPSA) is 55.6 Å². The van der Waals surface area contributed by atoms with Crippen LogP contribution in [-0.2, 0) is 9.53 Å². The molecule has 1 atom stereocenters. The summed E-state index contributed by atoms with van der Waals surface area (Å²) in [5, 5.41) is 0. The van der Waals surface area contributed by atoms with Gasteiger partial charge in [0, 0.05) is 12.2 Å². The second-order valence-corrected chi connectivity index (χ2v) is 5.07. The first-order valence-electron chi connectivity index (χ1n) is 6.84. The number of amides is 1. The summed E-state index contributed by atoms with van der Waals surface area (Å²) >= 11 is 0. The van der Waals surface area contributed by atoms with Crippen LogP contribution >= 0.6 is 0 Å². The maximum atomic E-state index is 12.5. The number of morpholine rings is 1. The molecule has 2 N–H and O–H groups in total. The molecule has 0 aliphatic carbocycles. The molecule has 0 spiro atoms. The van der Waals surface area contributed by atoms with Crippen LogP contribution in [0.2, 0.25) is 0 Å². The monoisotopic (exact) mass is 262 g/mol. The number of aryl methyl sites for hydroxylation is 2. The van der Waals surface area contributed by atoms with Crippen molar-refractivity contribution in [3.05, 3.63) is 29.3 Å². The lowest BCUT2D eigenvalue weighted by molar-refractivity contribution is -0.134. The van der Waals surface area contributed by atoms with Gasteiger partial charge in [-0.1, -0.05) is 12.1 Å². The first-order chi connectivity index (χ1) is 9.13. The molecule has 1 aliphatic heterocycles. The number of benzene rings is 1. The largest absolute Gasteiger partial charge is 0.367 e. The lowest BCUT2D eigenvalue weighted by atomic mass is 10.1. The number of hydrogen-bond acceptors (Lipinski definition) is 3. The molecule has 1 aromatic rings. The summed E-state index contributed by atoms with van der Waals surface area (Å²) in [4.78, 5) is 14.3. The van der Waals surface area contributed by atoms with E-state index in [0.717, 1.165) is 17.7 Å². The smallest absolute Gasteiger partial charge is 0.256 e. The van der Waals surface area contributed by atoms with Crippen molar-refractivity contribution >= 4 is 11.6 Å². The minimum Gasteiger partial charge on any atom is -0.367 e. The first kappa shape index (κ1) is 14.0. The van der Waals surface area contributed by atoms with Crippen molar-refractivity contribution in [1.82, 2.24) is 0 Å². The van der Waals surface area contributed by atoms with Gasteiger partial charge in [-0.3, -0.25) is 4.79 Å². The van der Waals surface area contributed by atoms with E-state index in [1.165, 1.54) is 5.56 Å². The molecule has 1 saturated heterocycles. The summed E-state index contributed by atoms with van der Waals surface area (Å²) in [5.74, 6) is 0.0633. The van der Waals surface area contributed by atoms with E-state index in [4.69, 9.17) is 10.5 Å². The van der Waals surface area contributed by atoms with Gasteiger partial charge in [0.15, 0.2) is 0 Å². The molecule has 2 rings (SSSR count). The summed E-state index contributed by atoms with van der Waals surface area (Å²) in [6.45, 7) is 5.89. The van der Waals surface area contributed by atoms with Gasteiger partial charge in [0.1, 0.15) is 6.10 Å². The molecule has 1 fully saturated rings. The Balaban J connectivity index is 2.19. The summed E-state index contributed by atoms with van der Waals surface area (Å²) in [6, 6.07) is 6.19. The fourth-order valence-electron chi connectivity index (χ4n) is 2.40. The molecule has 0 aromatic heterocycles. The number of carbonyl (C=O) groups is 1. The maximum absolute atomic E-state index is 12.5. The highest BCUT2D eigenvalue weighted by Gasteiger charge is 2.30. The van der Waals surface area contributed by atoms with Gasteiger partial charge >= 0.3 is 0 Å². The molecular formula is C15H22N2O2. The summed E-state index contributed by atoms with van der Waals surface area (Å²) in [5.41, 5.74) is 8.79. The molecule has 1 aliphatic rings. The van der Waals surface area contributed by atoms with Gasteiger partial charge in [0.2, 0.25) is 0 Å². The summed E-state index contributed by atoms with van der Waals surface area (Å²) < 4.78 is 5.57. The number of nitrogens with two attached hydrogens (primary N) is 1. The highest BCUT2D eigenvalue weighted by atomic mass is 16.5. The molecule has 0 radical (unpaired) electrons. The van der Waals surface area contributed by atoms with E-state index in [2.05, 4.69) is 18.2 Å². The number of hydrogen-bond donors (Lipinski definition) is 1. The number of ether oxygens (including phenoxy) is 1. The van der Waals surface area contributed by atoms with Gasteiger partial charge in [0.05, 0.1) is 6.61 Å². The van der Waals surface area contributed by atoms with Gasteiger partial charge < -0.3 is 15.4 Å². The van der Waals surface area contributed by atoms with E-state index in [-0.39, 0.29) is 12.0 Å². The Hall–Kier alpha value is -1.39. The number of carbonyl (C=O) groups excluding carboxylic acids is 1. The van der Waals surface area contributed by atoms with Crippen LogP contribution in [0, 0.1) is 13.8 Å². The van der Waals surface area contributed by atoms with Crippen molar-refractivity contribution in [3.63, 3.8) is 0 Å². The molecule has 1 unspecified atom stereocenters. The van der Waals surface area contributed by atoms with Gasteiger partial charge in [-0.25, -0.2) is 0 Å². The van der Waals surface area contributed by atoms with Crippen molar-refractivity contribution in [2.75, 3.05) is 24.6 Å². The van der Waals surface area contributed by atoms with Crippen LogP contribution in [-0.4, -0.2) is 31.7 Å². The van der Waals surface area contributed by atoms with E-state index in [1.807, 2.05) is 18.7 Å². The standard InChI is InChI=1S/C15H22N2O2/c1-11-5-6-12(2)13(10-11)17-8-9-19-14(15(17)18)4-3-7-16/h5-6,10,14H,3-4,7-9,16H2,1-2H3. The Kier molecular flexibility index (Phi) is 4.56.